The van der Waals surface area contributed by atoms with Crippen LogP contribution in [0.1, 0.15) is 24.1 Å². The van der Waals surface area contributed by atoms with Gasteiger partial charge < -0.3 is 10.4 Å². The van der Waals surface area contributed by atoms with E-state index in [-0.39, 0.29) is 33.6 Å². The van der Waals surface area contributed by atoms with Crippen molar-refractivity contribution in [1.29, 1.82) is 5.26 Å². The summed E-state index contributed by atoms with van der Waals surface area (Å²) in [5.41, 5.74) is 0.387. The lowest BCUT2D eigenvalue weighted by Crippen LogP contribution is -2.21. The third-order valence-electron chi connectivity index (χ3n) is 4.24. The van der Waals surface area contributed by atoms with Crippen molar-refractivity contribution in [2.24, 2.45) is 11.8 Å². The highest BCUT2D eigenvalue weighted by Gasteiger charge is 2.34. The van der Waals surface area contributed by atoms with E-state index in [0.717, 1.165) is 11.3 Å². The van der Waals surface area contributed by atoms with Crippen molar-refractivity contribution in [3.63, 3.8) is 0 Å². The summed E-state index contributed by atoms with van der Waals surface area (Å²) >= 11 is 0.970. The highest BCUT2D eigenvalue weighted by molar-refractivity contribution is 7.16. The number of anilines is 1. The molecule has 1 fully saturated rings. The van der Waals surface area contributed by atoms with E-state index in [1.807, 2.05) is 6.07 Å². The molecule has 2 N–H and O–H groups in total. The highest BCUT2D eigenvalue weighted by atomic mass is 32.1. The maximum Gasteiger partial charge on any atom is 0.306 e. The number of benzene rings is 1. The van der Waals surface area contributed by atoms with Crippen molar-refractivity contribution in [2.45, 2.75) is 19.3 Å². The first-order chi connectivity index (χ1) is 12.0. The SMILES string of the molecule is N#Cc1sc(NC(=O)[C@@H]2CC[C@@H](C(=O)O)C2)nc1-c1ccccc1F. The molecular formula is C17H14FN3O3S. The lowest BCUT2D eigenvalue weighted by atomic mass is 10.0. The van der Waals surface area contributed by atoms with Gasteiger partial charge in [0.05, 0.1) is 5.92 Å². The smallest absolute Gasteiger partial charge is 0.306 e. The minimum atomic E-state index is -0.891. The Morgan fingerprint density at radius 2 is 2.04 bits per heavy atom. The van der Waals surface area contributed by atoms with Gasteiger partial charge in [-0.25, -0.2) is 9.37 Å². The number of nitrogens with one attached hydrogen (secondary N) is 1. The molecule has 2 atom stereocenters. The Kier molecular flexibility index (Phi) is 4.76. The third-order valence-corrected chi connectivity index (χ3v) is 5.12. The van der Waals surface area contributed by atoms with E-state index in [0.29, 0.717) is 12.8 Å². The molecule has 0 radical (unpaired) electrons. The second-order valence-corrected chi connectivity index (χ2v) is 6.82. The lowest BCUT2D eigenvalue weighted by molar-refractivity contribution is -0.141. The highest BCUT2D eigenvalue weighted by Crippen LogP contribution is 2.34. The van der Waals surface area contributed by atoms with Crippen LogP contribution in [0.4, 0.5) is 9.52 Å². The van der Waals surface area contributed by atoms with E-state index in [9.17, 15) is 19.2 Å². The topological polar surface area (TPSA) is 103 Å². The number of aliphatic carboxylic acids is 1. The van der Waals surface area contributed by atoms with Crippen LogP contribution in [0.25, 0.3) is 11.3 Å². The molecule has 0 bridgehead atoms. The first-order valence-electron chi connectivity index (χ1n) is 7.69. The van der Waals surface area contributed by atoms with E-state index < -0.39 is 23.6 Å². The van der Waals surface area contributed by atoms with Gasteiger partial charge in [0, 0.05) is 11.5 Å². The number of aromatic nitrogens is 1. The molecule has 1 saturated carbocycles. The molecule has 6 nitrogen and oxygen atoms in total. The molecule has 1 aliphatic carbocycles. The monoisotopic (exact) mass is 359 g/mol. The molecule has 25 heavy (non-hydrogen) atoms. The molecule has 128 valence electrons. The molecule has 0 saturated heterocycles. The number of carboxylic acid groups (broad SMARTS) is 1. The molecular weight excluding hydrogens is 345 g/mol. The van der Waals surface area contributed by atoms with E-state index in [1.165, 1.54) is 12.1 Å². The van der Waals surface area contributed by atoms with Crippen molar-refractivity contribution in [2.75, 3.05) is 5.32 Å². The summed E-state index contributed by atoms with van der Waals surface area (Å²) < 4.78 is 13.9. The fraction of sp³-hybridized carbons (Fsp3) is 0.294. The van der Waals surface area contributed by atoms with Crippen molar-refractivity contribution in [3.8, 4) is 17.3 Å². The average Bonchev–Trinajstić information content (AvgIpc) is 3.22. The summed E-state index contributed by atoms with van der Waals surface area (Å²) in [7, 11) is 0. The molecule has 1 aromatic carbocycles. The predicted molar refractivity (Wildman–Crippen MR) is 89.3 cm³/mol. The Balaban J connectivity index is 1.79. The van der Waals surface area contributed by atoms with Gasteiger partial charge in [0.1, 0.15) is 22.5 Å². The summed E-state index contributed by atoms with van der Waals surface area (Å²) in [4.78, 5) is 27.7. The van der Waals surface area contributed by atoms with Crippen molar-refractivity contribution < 1.29 is 19.1 Å². The standard InChI is InChI=1S/C17H14FN3O3S/c18-12-4-2-1-3-11(12)14-13(8-19)25-17(20-14)21-15(22)9-5-6-10(7-9)16(23)24/h1-4,9-10H,5-7H2,(H,23,24)(H,20,21,22)/t9-,10-/m1/s1. The van der Waals surface area contributed by atoms with Gasteiger partial charge in [-0.3, -0.25) is 9.59 Å². The van der Waals surface area contributed by atoms with Gasteiger partial charge in [0.2, 0.25) is 5.91 Å². The Bertz CT molecular complexity index is 874. The number of rotatable bonds is 4. The van der Waals surface area contributed by atoms with E-state index in [1.54, 1.807) is 12.1 Å². The number of carbonyl (C=O) groups is 2. The van der Waals surface area contributed by atoms with Gasteiger partial charge in [0.25, 0.3) is 0 Å². The van der Waals surface area contributed by atoms with Crippen LogP contribution in [-0.4, -0.2) is 22.0 Å². The van der Waals surface area contributed by atoms with Crippen LogP contribution >= 0.6 is 11.3 Å². The van der Waals surface area contributed by atoms with E-state index >= 15 is 0 Å². The van der Waals surface area contributed by atoms with Crippen LogP contribution < -0.4 is 5.32 Å². The zero-order chi connectivity index (χ0) is 18.0. The molecule has 8 heteroatoms. The minimum absolute atomic E-state index is 0.190. The molecule has 1 amide bonds. The third kappa shape index (κ3) is 3.51. The number of amides is 1. The normalized spacial score (nSPS) is 19.4. The molecule has 1 heterocycles. The fourth-order valence-corrected chi connectivity index (χ4v) is 3.72. The number of nitriles is 1. The zero-order valence-electron chi connectivity index (χ0n) is 13.0. The van der Waals surface area contributed by atoms with Crippen LogP contribution in [0.3, 0.4) is 0 Å². The van der Waals surface area contributed by atoms with Crippen LogP contribution in [-0.2, 0) is 9.59 Å². The Labute approximate surface area is 146 Å². The number of hydrogen-bond acceptors (Lipinski definition) is 5. The number of carboxylic acids is 1. The maximum absolute atomic E-state index is 13.9. The predicted octanol–water partition coefficient (Wildman–Crippen LogP) is 3.26. The molecule has 1 aromatic heterocycles. The first-order valence-corrected chi connectivity index (χ1v) is 8.50. The summed E-state index contributed by atoms with van der Waals surface area (Å²) in [6.45, 7) is 0. The van der Waals surface area contributed by atoms with Crippen LogP contribution in [0, 0.1) is 29.0 Å². The largest absolute Gasteiger partial charge is 0.481 e. The number of thiazole rings is 1. The molecule has 0 spiro atoms. The van der Waals surface area contributed by atoms with E-state index in [4.69, 9.17) is 5.11 Å². The van der Waals surface area contributed by atoms with Gasteiger partial charge in [0.15, 0.2) is 5.13 Å². The summed E-state index contributed by atoms with van der Waals surface area (Å²) in [6.07, 6.45) is 1.26. The summed E-state index contributed by atoms with van der Waals surface area (Å²) in [5.74, 6) is -2.61. The second kappa shape index (κ2) is 6.99. The van der Waals surface area contributed by atoms with Gasteiger partial charge in [-0.15, -0.1) is 0 Å². The number of hydrogen-bond donors (Lipinski definition) is 2. The van der Waals surface area contributed by atoms with Crippen molar-refractivity contribution in [1.82, 2.24) is 4.98 Å². The zero-order valence-corrected chi connectivity index (χ0v) is 13.8. The van der Waals surface area contributed by atoms with Gasteiger partial charge >= 0.3 is 5.97 Å². The maximum atomic E-state index is 13.9. The van der Waals surface area contributed by atoms with Crippen LogP contribution in [0.2, 0.25) is 0 Å². The number of carbonyl (C=O) groups excluding carboxylic acids is 1. The fourth-order valence-electron chi connectivity index (χ4n) is 2.94. The van der Waals surface area contributed by atoms with Gasteiger partial charge in [-0.1, -0.05) is 23.5 Å². The number of nitrogens with zero attached hydrogens (tertiary/aromatic N) is 2. The Morgan fingerprint density at radius 3 is 2.68 bits per heavy atom. The van der Waals surface area contributed by atoms with Gasteiger partial charge in [-0.05, 0) is 31.4 Å². The molecule has 3 rings (SSSR count). The van der Waals surface area contributed by atoms with Crippen LogP contribution in [0.15, 0.2) is 24.3 Å². The average molecular weight is 359 g/mol. The molecule has 2 aromatic rings. The van der Waals surface area contributed by atoms with Gasteiger partial charge in [-0.2, -0.15) is 5.26 Å². The summed E-state index contributed by atoms with van der Waals surface area (Å²) in [5, 5.41) is 21.1. The quantitative estimate of drug-likeness (QED) is 0.872. The Hall–Kier alpha value is -2.79. The second-order valence-electron chi connectivity index (χ2n) is 5.82. The molecule has 1 aliphatic rings. The van der Waals surface area contributed by atoms with E-state index in [2.05, 4.69) is 10.3 Å². The van der Waals surface area contributed by atoms with Crippen molar-refractivity contribution in [3.05, 3.63) is 35.0 Å². The minimum Gasteiger partial charge on any atom is -0.481 e. The Morgan fingerprint density at radius 1 is 1.32 bits per heavy atom. The van der Waals surface area contributed by atoms with Crippen LogP contribution in [0.5, 0.6) is 0 Å². The lowest BCUT2D eigenvalue weighted by Gasteiger charge is -2.08. The number of halogens is 1. The summed E-state index contributed by atoms with van der Waals surface area (Å²) in [6, 6.07) is 7.94. The van der Waals surface area contributed by atoms with Crippen molar-refractivity contribution >= 4 is 28.3 Å². The first kappa shape index (κ1) is 17.0. The molecule has 0 unspecified atom stereocenters. The molecule has 0 aliphatic heterocycles.